The van der Waals surface area contributed by atoms with Crippen LogP contribution in [0.2, 0.25) is 0 Å². The average molecular weight is 391 g/mol. The lowest BCUT2D eigenvalue weighted by Crippen LogP contribution is -2.32. The number of benzene rings is 2. The van der Waals surface area contributed by atoms with Gasteiger partial charge in [-0.05, 0) is 49.7 Å². The van der Waals surface area contributed by atoms with E-state index in [1.807, 2.05) is 38.1 Å². The Morgan fingerprint density at radius 1 is 1.00 bits per heavy atom. The molecule has 0 saturated heterocycles. The van der Waals surface area contributed by atoms with Crippen LogP contribution >= 0.6 is 0 Å². The fourth-order valence-electron chi connectivity index (χ4n) is 2.97. The third-order valence-electron chi connectivity index (χ3n) is 4.47. The quantitative estimate of drug-likeness (QED) is 0.687. The van der Waals surface area contributed by atoms with Crippen molar-refractivity contribution in [2.75, 3.05) is 11.4 Å². The molecule has 0 spiro atoms. The van der Waals surface area contributed by atoms with Crippen LogP contribution in [-0.2, 0) is 6.54 Å². The maximum Gasteiger partial charge on any atom is 0.276 e. The Kier molecular flexibility index (Phi) is 6.34. The van der Waals surface area contributed by atoms with Crippen molar-refractivity contribution >= 4 is 17.5 Å². The molecule has 0 unspecified atom stereocenters. The molecule has 6 heteroatoms. The first-order chi connectivity index (χ1) is 14.0. The molecule has 3 aromatic rings. The molecular weight excluding hydrogens is 369 g/mol. The predicted octanol–water partition coefficient (Wildman–Crippen LogP) is 4.13. The highest BCUT2D eigenvalue weighted by Gasteiger charge is 2.19. The van der Waals surface area contributed by atoms with Gasteiger partial charge in [0.1, 0.15) is 17.2 Å². The normalized spacial score (nSPS) is 10.4. The SMILES string of the molecule is CCN(C(=O)c1cccc(C(=O)NCc2ccccc2F)n1)c1cccc(C)c1. The number of pyridine rings is 1. The summed E-state index contributed by atoms with van der Waals surface area (Å²) in [7, 11) is 0. The number of anilines is 1. The zero-order valence-corrected chi connectivity index (χ0v) is 16.4. The van der Waals surface area contributed by atoms with Crippen molar-refractivity contribution in [1.82, 2.24) is 10.3 Å². The van der Waals surface area contributed by atoms with Crippen LogP contribution in [0, 0.1) is 12.7 Å². The van der Waals surface area contributed by atoms with E-state index in [4.69, 9.17) is 0 Å². The highest BCUT2D eigenvalue weighted by molar-refractivity contribution is 6.05. The van der Waals surface area contributed by atoms with Crippen molar-refractivity contribution in [1.29, 1.82) is 0 Å². The molecule has 0 fully saturated rings. The molecule has 3 rings (SSSR count). The van der Waals surface area contributed by atoms with E-state index in [1.54, 1.807) is 35.2 Å². The number of aromatic nitrogens is 1. The number of rotatable bonds is 6. The van der Waals surface area contributed by atoms with Gasteiger partial charge in [-0.2, -0.15) is 0 Å². The van der Waals surface area contributed by atoms with Crippen LogP contribution in [0.3, 0.4) is 0 Å². The summed E-state index contributed by atoms with van der Waals surface area (Å²) in [6.07, 6.45) is 0. The summed E-state index contributed by atoms with van der Waals surface area (Å²) in [6, 6.07) is 18.6. The van der Waals surface area contributed by atoms with Crippen molar-refractivity contribution in [3.05, 3.63) is 95.1 Å². The maximum atomic E-state index is 13.7. The number of carbonyl (C=O) groups is 2. The monoisotopic (exact) mass is 391 g/mol. The van der Waals surface area contributed by atoms with Crippen LogP contribution in [0.15, 0.2) is 66.7 Å². The Hall–Kier alpha value is -3.54. The molecule has 2 amide bonds. The van der Waals surface area contributed by atoms with Crippen molar-refractivity contribution < 1.29 is 14.0 Å². The van der Waals surface area contributed by atoms with Crippen molar-refractivity contribution in [3.63, 3.8) is 0 Å². The topological polar surface area (TPSA) is 62.3 Å². The zero-order chi connectivity index (χ0) is 20.8. The fourth-order valence-corrected chi connectivity index (χ4v) is 2.97. The second-order valence-electron chi connectivity index (χ2n) is 6.57. The molecule has 29 heavy (non-hydrogen) atoms. The zero-order valence-electron chi connectivity index (χ0n) is 16.4. The number of hydrogen-bond donors (Lipinski definition) is 1. The number of hydrogen-bond acceptors (Lipinski definition) is 3. The van der Waals surface area contributed by atoms with Crippen molar-refractivity contribution in [3.8, 4) is 0 Å². The highest BCUT2D eigenvalue weighted by atomic mass is 19.1. The van der Waals surface area contributed by atoms with Crippen LogP contribution in [0.4, 0.5) is 10.1 Å². The number of aryl methyl sites for hydroxylation is 1. The molecule has 148 valence electrons. The van der Waals surface area contributed by atoms with Crippen molar-refractivity contribution in [2.45, 2.75) is 20.4 Å². The Morgan fingerprint density at radius 2 is 1.72 bits per heavy atom. The number of amides is 2. The lowest BCUT2D eigenvalue weighted by Gasteiger charge is -2.21. The summed E-state index contributed by atoms with van der Waals surface area (Å²) in [6.45, 7) is 4.34. The average Bonchev–Trinajstić information content (AvgIpc) is 2.73. The number of nitrogens with zero attached hydrogens (tertiary/aromatic N) is 2. The van der Waals surface area contributed by atoms with Gasteiger partial charge >= 0.3 is 0 Å². The molecule has 2 aromatic carbocycles. The van der Waals surface area contributed by atoms with Gasteiger partial charge in [0, 0.05) is 24.3 Å². The molecule has 0 saturated carbocycles. The Morgan fingerprint density at radius 3 is 2.45 bits per heavy atom. The molecule has 5 nitrogen and oxygen atoms in total. The molecule has 0 bridgehead atoms. The number of carbonyl (C=O) groups excluding carboxylic acids is 2. The maximum absolute atomic E-state index is 13.7. The summed E-state index contributed by atoms with van der Waals surface area (Å²) in [5.41, 5.74) is 2.47. The summed E-state index contributed by atoms with van der Waals surface area (Å²) in [5, 5.41) is 2.64. The van der Waals surface area contributed by atoms with Gasteiger partial charge in [0.2, 0.25) is 0 Å². The van der Waals surface area contributed by atoms with Gasteiger partial charge in [0.15, 0.2) is 0 Å². The molecule has 0 radical (unpaired) electrons. The summed E-state index contributed by atoms with van der Waals surface area (Å²) < 4.78 is 13.7. The molecule has 1 aromatic heterocycles. The molecule has 0 aliphatic rings. The van der Waals surface area contributed by atoms with Crippen LogP contribution < -0.4 is 10.2 Å². The van der Waals surface area contributed by atoms with Gasteiger partial charge < -0.3 is 10.2 Å². The van der Waals surface area contributed by atoms with E-state index in [0.29, 0.717) is 12.1 Å². The van der Waals surface area contributed by atoms with E-state index in [0.717, 1.165) is 11.3 Å². The van der Waals surface area contributed by atoms with Crippen LogP contribution in [0.5, 0.6) is 0 Å². The first-order valence-corrected chi connectivity index (χ1v) is 9.36. The smallest absolute Gasteiger partial charge is 0.276 e. The summed E-state index contributed by atoms with van der Waals surface area (Å²) in [5.74, 6) is -1.15. The van der Waals surface area contributed by atoms with E-state index in [1.165, 1.54) is 12.1 Å². The van der Waals surface area contributed by atoms with Gasteiger partial charge in [-0.15, -0.1) is 0 Å². The van der Waals surface area contributed by atoms with Crippen LogP contribution in [0.25, 0.3) is 0 Å². The minimum Gasteiger partial charge on any atom is -0.347 e. The Labute approximate surface area is 169 Å². The third kappa shape index (κ3) is 4.85. The number of halogens is 1. The van der Waals surface area contributed by atoms with Gasteiger partial charge in [0.05, 0.1) is 0 Å². The Balaban J connectivity index is 1.76. The van der Waals surface area contributed by atoms with Gasteiger partial charge in [-0.1, -0.05) is 36.4 Å². The molecule has 1 heterocycles. The molecule has 0 aliphatic heterocycles. The molecule has 0 atom stereocenters. The van der Waals surface area contributed by atoms with E-state index in [9.17, 15) is 14.0 Å². The largest absolute Gasteiger partial charge is 0.347 e. The second kappa shape index (κ2) is 9.10. The lowest BCUT2D eigenvalue weighted by atomic mass is 10.2. The van der Waals surface area contributed by atoms with E-state index in [2.05, 4.69) is 10.3 Å². The fraction of sp³-hybridized carbons (Fsp3) is 0.174. The minimum absolute atomic E-state index is 0.0374. The van der Waals surface area contributed by atoms with Crippen LogP contribution in [0.1, 0.15) is 39.0 Å². The standard InChI is InChI=1S/C23H22FN3O2/c1-3-27(18-10-6-8-16(2)14-18)23(29)21-13-7-12-20(26-21)22(28)25-15-17-9-4-5-11-19(17)24/h4-14H,3,15H2,1-2H3,(H,25,28). The number of nitrogens with one attached hydrogen (secondary N) is 1. The lowest BCUT2D eigenvalue weighted by molar-refractivity contribution is 0.0945. The minimum atomic E-state index is -0.471. The van der Waals surface area contributed by atoms with Crippen LogP contribution in [-0.4, -0.2) is 23.3 Å². The molecule has 0 aliphatic carbocycles. The predicted molar refractivity (Wildman–Crippen MR) is 110 cm³/mol. The Bertz CT molecular complexity index is 1040. The second-order valence-corrected chi connectivity index (χ2v) is 6.57. The van der Waals surface area contributed by atoms with Gasteiger partial charge in [-0.3, -0.25) is 9.59 Å². The highest BCUT2D eigenvalue weighted by Crippen LogP contribution is 2.18. The molecule has 1 N–H and O–H groups in total. The summed E-state index contributed by atoms with van der Waals surface area (Å²) in [4.78, 5) is 31.2. The van der Waals surface area contributed by atoms with Gasteiger partial charge in [0.25, 0.3) is 11.8 Å². The summed E-state index contributed by atoms with van der Waals surface area (Å²) >= 11 is 0. The van der Waals surface area contributed by atoms with E-state index >= 15 is 0 Å². The van der Waals surface area contributed by atoms with Crippen molar-refractivity contribution in [2.24, 2.45) is 0 Å². The van der Waals surface area contributed by atoms with E-state index < -0.39 is 5.91 Å². The van der Waals surface area contributed by atoms with E-state index in [-0.39, 0.29) is 29.7 Å². The third-order valence-corrected chi connectivity index (χ3v) is 4.47. The first kappa shape index (κ1) is 20.2. The molecular formula is C23H22FN3O2. The van der Waals surface area contributed by atoms with Gasteiger partial charge in [-0.25, -0.2) is 9.37 Å². The first-order valence-electron chi connectivity index (χ1n) is 9.36.